The van der Waals surface area contributed by atoms with Crippen LogP contribution in [0.4, 0.5) is 0 Å². The van der Waals surface area contributed by atoms with Crippen molar-refractivity contribution in [2.45, 2.75) is 57.3 Å². The van der Waals surface area contributed by atoms with Crippen LogP contribution in [0.2, 0.25) is 0 Å². The number of carboxylic acids is 2. The molecule has 4 aromatic rings. The Morgan fingerprint density at radius 3 is 2.07 bits per heavy atom. The molecule has 2 aromatic carbocycles. The quantitative estimate of drug-likeness (QED) is 0.110. The standard InChI is InChI=1S/C17H19N5O3.C14H20N2O3/c18-13(6-11-8-19-9-21-11)16(23)22-15(17(24)25)5-10-7-20-14-4-2-1-3-12(10)14;1-9(2)12(14(18)19)16-13(17)11(15)8-10-6-4-3-5-7-10/h1-4,7-9,13,15,20H,5-6,18H2,(H,19,21)(H,22,23)(H,24,25);3-7,9,11-12H,8,15H2,1-2H3,(H,16,17)(H,18,19)/t13-,15-;11-,12-/m00/s1. The first-order valence-corrected chi connectivity index (χ1v) is 14.1. The summed E-state index contributed by atoms with van der Waals surface area (Å²) in [5.41, 5.74) is 15.0. The van der Waals surface area contributed by atoms with E-state index in [9.17, 15) is 24.3 Å². The number of benzene rings is 2. The van der Waals surface area contributed by atoms with Gasteiger partial charge in [-0.2, -0.15) is 0 Å². The van der Waals surface area contributed by atoms with Gasteiger partial charge in [0.2, 0.25) is 11.8 Å². The monoisotopic (exact) mass is 605 g/mol. The molecule has 13 heteroatoms. The van der Waals surface area contributed by atoms with Gasteiger partial charge in [-0.15, -0.1) is 0 Å². The molecule has 0 fully saturated rings. The SMILES string of the molecule is CC(C)[C@H](NC(=O)[C@@H](N)Cc1ccccc1)C(=O)O.N[C@@H](Cc1c[nH]cn1)C(=O)N[C@@H](Cc1c[nH]c2ccccc12)C(=O)O. The van der Waals surface area contributed by atoms with Crippen LogP contribution in [0.25, 0.3) is 10.9 Å². The molecular weight excluding hydrogens is 566 g/mol. The molecule has 0 aliphatic heterocycles. The molecular formula is C31H39N7O6. The van der Waals surface area contributed by atoms with Crippen molar-refractivity contribution in [3.8, 4) is 0 Å². The number of para-hydroxylation sites is 1. The maximum Gasteiger partial charge on any atom is 0.326 e. The topological polar surface area (TPSA) is 229 Å². The number of aliphatic carboxylic acids is 2. The lowest BCUT2D eigenvalue weighted by Gasteiger charge is -2.20. The van der Waals surface area contributed by atoms with Crippen LogP contribution in [0.1, 0.15) is 30.7 Å². The zero-order valence-corrected chi connectivity index (χ0v) is 24.6. The van der Waals surface area contributed by atoms with Crippen molar-refractivity contribution in [3.05, 3.63) is 90.1 Å². The Kier molecular flexibility index (Phi) is 12.2. The van der Waals surface area contributed by atoms with Gasteiger partial charge in [0.25, 0.3) is 0 Å². The molecule has 0 saturated heterocycles. The lowest BCUT2D eigenvalue weighted by molar-refractivity contribution is -0.143. The number of carbonyl (C=O) groups is 4. The van der Waals surface area contributed by atoms with Crippen molar-refractivity contribution < 1.29 is 29.4 Å². The summed E-state index contributed by atoms with van der Waals surface area (Å²) >= 11 is 0. The third-order valence-electron chi connectivity index (χ3n) is 6.90. The van der Waals surface area contributed by atoms with E-state index in [0.717, 1.165) is 22.0 Å². The van der Waals surface area contributed by atoms with Gasteiger partial charge in [-0.1, -0.05) is 62.4 Å². The predicted molar refractivity (Wildman–Crippen MR) is 164 cm³/mol. The second-order valence-corrected chi connectivity index (χ2v) is 10.7. The number of amides is 2. The first-order chi connectivity index (χ1) is 21.0. The maximum atomic E-state index is 12.2. The summed E-state index contributed by atoms with van der Waals surface area (Å²) in [6.45, 7) is 3.48. The van der Waals surface area contributed by atoms with Crippen LogP contribution in [0.3, 0.4) is 0 Å². The number of hydrogen-bond acceptors (Lipinski definition) is 7. The molecule has 2 heterocycles. The largest absolute Gasteiger partial charge is 0.480 e. The number of aromatic amines is 2. The number of nitrogens with two attached hydrogens (primary N) is 2. The van der Waals surface area contributed by atoms with Crippen LogP contribution >= 0.6 is 0 Å². The summed E-state index contributed by atoms with van der Waals surface area (Å²) in [7, 11) is 0. The molecule has 0 aliphatic rings. The van der Waals surface area contributed by atoms with Gasteiger partial charge in [-0.3, -0.25) is 9.59 Å². The minimum Gasteiger partial charge on any atom is -0.480 e. The van der Waals surface area contributed by atoms with Gasteiger partial charge in [0.1, 0.15) is 12.1 Å². The number of nitrogens with one attached hydrogen (secondary N) is 4. The summed E-state index contributed by atoms with van der Waals surface area (Å²) < 4.78 is 0. The van der Waals surface area contributed by atoms with Crippen molar-refractivity contribution >= 4 is 34.7 Å². The molecule has 0 saturated carbocycles. The van der Waals surface area contributed by atoms with Crippen molar-refractivity contribution in [2.24, 2.45) is 17.4 Å². The van der Waals surface area contributed by atoms with E-state index in [1.165, 1.54) is 6.33 Å². The van der Waals surface area contributed by atoms with Gasteiger partial charge >= 0.3 is 11.9 Å². The number of rotatable bonds is 13. The van der Waals surface area contributed by atoms with Gasteiger partial charge in [0.05, 0.1) is 24.1 Å². The van der Waals surface area contributed by atoms with Crippen LogP contribution < -0.4 is 22.1 Å². The van der Waals surface area contributed by atoms with Gasteiger partial charge in [-0.05, 0) is 29.5 Å². The van der Waals surface area contributed by atoms with Crippen LogP contribution in [0.5, 0.6) is 0 Å². The highest BCUT2D eigenvalue weighted by Gasteiger charge is 2.26. The summed E-state index contributed by atoms with van der Waals surface area (Å²) in [5, 5.41) is 24.4. The third-order valence-corrected chi connectivity index (χ3v) is 6.90. The van der Waals surface area contributed by atoms with Crippen LogP contribution in [-0.2, 0) is 38.4 Å². The minimum atomic E-state index is -1.11. The normalized spacial score (nSPS) is 13.7. The van der Waals surface area contributed by atoms with E-state index in [4.69, 9.17) is 16.6 Å². The van der Waals surface area contributed by atoms with Crippen molar-refractivity contribution in [1.82, 2.24) is 25.6 Å². The van der Waals surface area contributed by atoms with E-state index in [0.29, 0.717) is 12.1 Å². The van der Waals surface area contributed by atoms with Crippen LogP contribution in [0, 0.1) is 5.92 Å². The molecule has 4 rings (SSSR count). The predicted octanol–water partition coefficient (Wildman–Crippen LogP) is 1.35. The number of nitrogens with zero attached hydrogens (tertiary/aromatic N) is 1. The highest BCUT2D eigenvalue weighted by atomic mass is 16.4. The summed E-state index contributed by atoms with van der Waals surface area (Å²) in [6.07, 6.45) is 5.69. The number of carbonyl (C=O) groups excluding carboxylic acids is 2. The molecule has 0 unspecified atom stereocenters. The summed E-state index contributed by atoms with van der Waals surface area (Å²) in [5.74, 6) is -3.30. The van der Waals surface area contributed by atoms with Gasteiger partial charge in [0.15, 0.2) is 0 Å². The summed E-state index contributed by atoms with van der Waals surface area (Å²) in [6, 6.07) is 13.4. The van der Waals surface area contributed by atoms with E-state index >= 15 is 0 Å². The fraction of sp³-hybridized carbons (Fsp3) is 0.323. The highest BCUT2D eigenvalue weighted by molar-refractivity contribution is 5.89. The first kappa shape index (κ1) is 33.5. The minimum absolute atomic E-state index is 0.167. The smallest absolute Gasteiger partial charge is 0.326 e. The molecule has 13 nitrogen and oxygen atoms in total. The van der Waals surface area contributed by atoms with Crippen molar-refractivity contribution in [3.63, 3.8) is 0 Å². The van der Waals surface area contributed by atoms with Gasteiger partial charge in [0, 0.05) is 36.1 Å². The summed E-state index contributed by atoms with van der Waals surface area (Å²) in [4.78, 5) is 56.5. The van der Waals surface area contributed by atoms with Crippen LogP contribution in [0.15, 0.2) is 73.3 Å². The number of carboxylic acid groups (broad SMARTS) is 2. The first-order valence-electron chi connectivity index (χ1n) is 14.1. The molecule has 0 radical (unpaired) electrons. The number of imidazole rings is 1. The third kappa shape index (κ3) is 9.78. The lowest BCUT2D eigenvalue weighted by Crippen LogP contribution is -2.51. The zero-order valence-electron chi connectivity index (χ0n) is 24.6. The number of fused-ring (bicyclic) bond motifs is 1. The number of aromatic nitrogens is 3. The van der Waals surface area contributed by atoms with E-state index in [1.807, 2.05) is 54.6 Å². The van der Waals surface area contributed by atoms with E-state index < -0.39 is 47.9 Å². The molecule has 0 bridgehead atoms. The van der Waals surface area contributed by atoms with Crippen molar-refractivity contribution in [2.75, 3.05) is 0 Å². The van der Waals surface area contributed by atoms with E-state index in [-0.39, 0.29) is 18.8 Å². The fourth-order valence-corrected chi connectivity index (χ4v) is 4.45. The number of hydrogen-bond donors (Lipinski definition) is 8. The molecule has 2 aromatic heterocycles. The Morgan fingerprint density at radius 2 is 1.45 bits per heavy atom. The lowest BCUT2D eigenvalue weighted by atomic mass is 10.0. The van der Waals surface area contributed by atoms with E-state index in [1.54, 1.807) is 26.2 Å². The second-order valence-electron chi connectivity index (χ2n) is 10.7. The molecule has 4 atom stereocenters. The van der Waals surface area contributed by atoms with Crippen molar-refractivity contribution in [1.29, 1.82) is 0 Å². The maximum absolute atomic E-state index is 12.2. The molecule has 2 amide bonds. The Hall–Kier alpha value is -5.01. The second kappa shape index (κ2) is 16.0. The Labute approximate surface area is 254 Å². The Bertz CT molecular complexity index is 1520. The molecule has 234 valence electrons. The van der Waals surface area contributed by atoms with Gasteiger partial charge < -0.3 is 42.3 Å². The van der Waals surface area contributed by atoms with E-state index in [2.05, 4.69) is 25.6 Å². The zero-order chi connectivity index (χ0) is 32.2. The molecule has 0 aliphatic carbocycles. The average Bonchev–Trinajstić information content (AvgIpc) is 3.66. The average molecular weight is 606 g/mol. The van der Waals surface area contributed by atoms with Gasteiger partial charge in [-0.25, -0.2) is 14.6 Å². The fourth-order valence-electron chi connectivity index (χ4n) is 4.45. The Balaban J connectivity index is 0.000000251. The highest BCUT2D eigenvalue weighted by Crippen LogP contribution is 2.19. The molecule has 44 heavy (non-hydrogen) atoms. The Morgan fingerprint density at radius 1 is 0.818 bits per heavy atom. The molecule has 10 N–H and O–H groups in total. The van der Waals surface area contributed by atoms with Crippen LogP contribution in [-0.4, -0.2) is 73.1 Å². The number of H-pyrrole nitrogens is 2. The molecule has 0 spiro atoms.